The van der Waals surface area contributed by atoms with E-state index in [9.17, 15) is 9.59 Å². The molecule has 0 radical (unpaired) electrons. The Morgan fingerprint density at radius 1 is 1.43 bits per heavy atom. The van der Waals surface area contributed by atoms with Gasteiger partial charge in [0.25, 0.3) is 0 Å². The molecule has 2 saturated heterocycles. The number of fused-ring (bicyclic) bond motifs is 1. The molecule has 1 N–H and O–H groups in total. The second-order valence-electron chi connectivity index (χ2n) is 6.95. The Morgan fingerprint density at radius 3 is 2.87 bits per heavy atom. The summed E-state index contributed by atoms with van der Waals surface area (Å²) in [5.41, 5.74) is 3.10. The molecular formula is C18H24N2O2S. The molecule has 5 heteroatoms. The average Bonchev–Trinajstić information content (AvgIpc) is 2.98. The van der Waals surface area contributed by atoms with Gasteiger partial charge >= 0.3 is 0 Å². The molecule has 2 amide bonds. The van der Waals surface area contributed by atoms with Crippen LogP contribution in [0.3, 0.4) is 0 Å². The lowest BCUT2D eigenvalue weighted by atomic mass is 9.98. The zero-order valence-electron chi connectivity index (χ0n) is 14.2. The lowest BCUT2D eigenvalue weighted by Crippen LogP contribution is -2.48. The van der Waals surface area contributed by atoms with Crippen molar-refractivity contribution in [1.82, 2.24) is 4.90 Å². The molecule has 2 fully saturated rings. The van der Waals surface area contributed by atoms with Crippen LogP contribution in [0.15, 0.2) is 18.2 Å². The van der Waals surface area contributed by atoms with Gasteiger partial charge in [-0.25, -0.2) is 0 Å². The highest BCUT2D eigenvalue weighted by Gasteiger charge is 2.52. The summed E-state index contributed by atoms with van der Waals surface area (Å²) in [5.74, 6) is 1.05. The van der Waals surface area contributed by atoms with Gasteiger partial charge < -0.3 is 10.2 Å². The van der Waals surface area contributed by atoms with E-state index >= 15 is 0 Å². The van der Waals surface area contributed by atoms with Gasteiger partial charge in [0.15, 0.2) is 0 Å². The van der Waals surface area contributed by atoms with Crippen molar-refractivity contribution < 1.29 is 9.59 Å². The molecule has 0 saturated carbocycles. The van der Waals surface area contributed by atoms with Crippen LogP contribution < -0.4 is 5.32 Å². The molecule has 2 aliphatic rings. The standard InChI is InChI=1S/C18H24N2O2S/c1-11(2)13-7-5-6-12(3)16(13)19-17(22)14-10-23-18(4)9-8-15(21)20(14)18/h5-7,11,14H,8-10H2,1-4H3,(H,19,22)/t14-,18-/m0/s1. The number of amides is 2. The number of thioether (sulfide) groups is 1. The number of carbonyl (C=O) groups is 2. The SMILES string of the molecule is Cc1cccc(C(C)C)c1NC(=O)[C@@H]1CS[C@@]2(C)CCC(=O)N12. The number of nitrogens with zero attached hydrogens (tertiary/aromatic N) is 1. The van der Waals surface area contributed by atoms with E-state index in [2.05, 4.69) is 32.2 Å². The Labute approximate surface area is 142 Å². The highest BCUT2D eigenvalue weighted by atomic mass is 32.2. The molecule has 23 heavy (non-hydrogen) atoms. The fraction of sp³-hybridized carbons (Fsp3) is 0.556. The summed E-state index contributed by atoms with van der Waals surface area (Å²) >= 11 is 1.72. The lowest BCUT2D eigenvalue weighted by Gasteiger charge is -2.30. The molecule has 0 unspecified atom stereocenters. The number of aryl methyl sites for hydroxylation is 1. The van der Waals surface area contributed by atoms with E-state index in [1.807, 2.05) is 19.1 Å². The van der Waals surface area contributed by atoms with Crippen LogP contribution in [0.2, 0.25) is 0 Å². The molecule has 0 aromatic heterocycles. The summed E-state index contributed by atoms with van der Waals surface area (Å²) in [6.45, 7) is 8.33. The van der Waals surface area contributed by atoms with Gasteiger partial charge in [0, 0.05) is 17.9 Å². The molecule has 3 rings (SSSR count). The lowest BCUT2D eigenvalue weighted by molar-refractivity contribution is -0.135. The first-order chi connectivity index (χ1) is 10.8. The molecule has 4 nitrogen and oxygen atoms in total. The number of benzene rings is 1. The van der Waals surface area contributed by atoms with Crippen molar-refractivity contribution in [3.05, 3.63) is 29.3 Å². The van der Waals surface area contributed by atoms with Gasteiger partial charge in [0.1, 0.15) is 6.04 Å². The summed E-state index contributed by atoms with van der Waals surface area (Å²) in [5, 5.41) is 3.11. The van der Waals surface area contributed by atoms with Gasteiger partial charge in [0.2, 0.25) is 11.8 Å². The van der Waals surface area contributed by atoms with E-state index < -0.39 is 0 Å². The highest BCUT2D eigenvalue weighted by molar-refractivity contribution is 8.01. The van der Waals surface area contributed by atoms with Crippen LogP contribution in [0.4, 0.5) is 5.69 Å². The maximum Gasteiger partial charge on any atom is 0.248 e. The predicted octanol–water partition coefficient (Wildman–Crippen LogP) is 3.51. The quantitative estimate of drug-likeness (QED) is 0.921. The fourth-order valence-electron chi connectivity index (χ4n) is 3.56. The van der Waals surface area contributed by atoms with Gasteiger partial charge in [-0.2, -0.15) is 0 Å². The van der Waals surface area contributed by atoms with Crippen molar-refractivity contribution in [2.45, 2.75) is 57.4 Å². The second kappa shape index (κ2) is 5.86. The van der Waals surface area contributed by atoms with Gasteiger partial charge in [-0.1, -0.05) is 32.0 Å². The molecule has 1 aromatic carbocycles. The van der Waals surface area contributed by atoms with Gasteiger partial charge in [-0.3, -0.25) is 9.59 Å². The monoisotopic (exact) mass is 332 g/mol. The maximum absolute atomic E-state index is 12.9. The van der Waals surface area contributed by atoms with Crippen LogP contribution in [0.25, 0.3) is 0 Å². The number of nitrogens with one attached hydrogen (secondary N) is 1. The Bertz CT molecular complexity index is 658. The number of hydrogen-bond donors (Lipinski definition) is 1. The molecule has 2 heterocycles. The third kappa shape index (κ3) is 2.75. The largest absolute Gasteiger partial charge is 0.324 e. The zero-order chi connectivity index (χ0) is 16.8. The predicted molar refractivity (Wildman–Crippen MR) is 94.6 cm³/mol. The van der Waals surface area contributed by atoms with Crippen LogP contribution in [0, 0.1) is 6.92 Å². The molecule has 0 aliphatic carbocycles. The van der Waals surface area contributed by atoms with Crippen molar-refractivity contribution in [2.24, 2.45) is 0 Å². The number of para-hydroxylation sites is 1. The molecule has 1 aromatic rings. The number of anilines is 1. The first-order valence-corrected chi connectivity index (χ1v) is 9.18. The fourth-order valence-corrected chi connectivity index (χ4v) is 5.00. The number of hydrogen-bond acceptors (Lipinski definition) is 3. The Morgan fingerprint density at radius 2 is 2.17 bits per heavy atom. The minimum absolute atomic E-state index is 0.0623. The van der Waals surface area contributed by atoms with E-state index in [4.69, 9.17) is 0 Å². The molecule has 0 spiro atoms. The van der Waals surface area contributed by atoms with Crippen molar-refractivity contribution in [3.63, 3.8) is 0 Å². The number of carbonyl (C=O) groups excluding carboxylic acids is 2. The van der Waals surface area contributed by atoms with Gasteiger partial charge in [-0.05, 0) is 37.3 Å². The second-order valence-corrected chi connectivity index (χ2v) is 8.45. The van der Waals surface area contributed by atoms with Crippen molar-refractivity contribution in [2.75, 3.05) is 11.1 Å². The van der Waals surface area contributed by atoms with E-state index in [1.54, 1.807) is 16.7 Å². The molecule has 2 aliphatic heterocycles. The first kappa shape index (κ1) is 16.4. The minimum atomic E-state index is -0.361. The van der Waals surface area contributed by atoms with Crippen LogP contribution in [0.1, 0.15) is 50.7 Å². The maximum atomic E-state index is 12.9. The van der Waals surface area contributed by atoms with Crippen LogP contribution in [-0.4, -0.2) is 33.4 Å². The summed E-state index contributed by atoms with van der Waals surface area (Å²) in [6.07, 6.45) is 1.39. The summed E-state index contributed by atoms with van der Waals surface area (Å²) in [7, 11) is 0. The normalized spacial score (nSPS) is 26.7. The van der Waals surface area contributed by atoms with Gasteiger partial charge in [-0.15, -0.1) is 11.8 Å². The third-order valence-electron chi connectivity index (χ3n) is 4.92. The van der Waals surface area contributed by atoms with Crippen molar-refractivity contribution in [1.29, 1.82) is 0 Å². The van der Waals surface area contributed by atoms with Crippen LogP contribution >= 0.6 is 11.8 Å². The van der Waals surface area contributed by atoms with Crippen LogP contribution in [-0.2, 0) is 9.59 Å². The zero-order valence-corrected chi connectivity index (χ0v) is 15.0. The van der Waals surface area contributed by atoms with E-state index in [1.165, 1.54) is 0 Å². The minimum Gasteiger partial charge on any atom is -0.324 e. The summed E-state index contributed by atoms with van der Waals surface area (Å²) < 4.78 is 0. The third-order valence-corrected chi connectivity index (χ3v) is 6.43. The molecular weight excluding hydrogens is 308 g/mol. The molecule has 124 valence electrons. The van der Waals surface area contributed by atoms with E-state index in [-0.39, 0.29) is 22.7 Å². The van der Waals surface area contributed by atoms with Crippen molar-refractivity contribution >= 4 is 29.3 Å². The Kier molecular flexibility index (Phi) is 4.17. The Hall–Kier alpha value is -1.49. The summed E-state index contributed by atoms with van der Waals surface area (Å²) in [6, 6.07) is 5.73. The topological polar surface area (TPSA) is 49.4 Å². The molecule has 2 atom stereocenters. The highest BCUT2D eigenvalue weighted by Crippen LogP contribution is 2.47. The molecule has 0 bridgehead atoms. The Balaban J connectivity index is 1.85. The van der Waals surface area contributed by atoms with E-state index in [0.29, 0.717) is 18.1 Å². The summed E-state index contributed by atoms with van der Waals surface area (Å²) in [4.78, 5) is 26.7. The van der Waals surface area contributed by atoms with Gasteiger partial charge in [0.05, 0.1) is 4.87 Å². The number of rotatable bonds is 3. The van der Waals surface area contributed by atoms with Crippen LogP contribution in [0.5, 0.6) is 0 Å². The first-order valence-electron chi connectivity index (χ1n) is 8.20. The smallest absolute Gasteiger partial charge is 0.248 e. The van der Waals surface area contributed by atoms with E-state index in [0.717, 1.165) is 23.2 Å². The average molecular weight is 332 g/mol. The van der Waals surface area contributed by atoms with Crippen molar-refractivity contribution in [3.8, 4) is 0 Å².